The number of aromatic nitrogens is 2. The Hall–Kier alpha value is -3.79. The Labute approximate surface area is 186 Å². The maximum absolute atomic E-state index is 13.7. The van der Waals surface area contributed by atoms with E-state index < -0.39 is 50.4 Å². The summed E-state index contributed by atoms with van der Waals surface area (Å²) in [4.78, 5) is 16.7. The molecule has 0 aliphatic carbocycles. The number of imidazole rings is 1. The largest absolute Gasteiger partial charge is 0.417 e. The average molecular weight is 474 g/mol. The predicted molar refractivity (Wildman–Crippen MR) is 112 cm³/mol. The quantitative estimate of drug-likeness (QED) is 0.295. The molecule has 0 amide bonds. The second-order valence-electron chi connectivity index (χ2n) is 6.94. The van der Waals surface area contributed by atoms with Crippen LogP contribution in [0, 0.1) is 5.82 Å². The van der Waals surface area contributed by atoms with Gasteiger partial charge in [-0.1, -0.05) is 36.4 Å². The summed E-state index contributed by atoms with van der Waals surface area (Å²) in [6.45, 7) is 0. The minimum absolute atomic E-state index is 0.00573. The highest BCUT2D eigenvalue weighted by atomic mass is 32.2. The zero-order valence-corrected chi connectivity index (χ0v) is 17.4. The van der Waals surface area contributed by atoms with Gasteiger partial charge in [0.1, 0.15) is 11.5 Å². The van der Waals surface area contributed by atoms with E-state index in [9.17, 15) is 30.8 Å². The van der Waals surface area contributed by atoms with Gasteiger partial charge in [0.05, 0.1) is 16.7 Å². The van der Waals surface area contributed by atoms with Crippen LogP contribution in [0.25, 0.3) is 11.4 Å². The third-order valence-corrected chi connectivity index (χ3v) is 6.45. The van der Waals surface area contributed by atoms with Crippen molar-refractivity contribution in [3.8, 4) is 11.4 Å². The van der Waals surface area contributed by atoms with Gasteiger partial charge in [-0.2, -0.15) is 13.2 Å². The molecule has 1 aromatic heterocycles. The zero-order valence-electron chi connectivity index (χ0n) is 16.6. The summed E-state index contributed by atoms with van der Waals surface area (Å²) in [5.41, 5.74) is -2.04. The number of rotatable bonds is 5. The third-order valence-electron chi connectivity index (χ3n) is 4.79. The van der Waals surface area contributed by atoms with E-state index in [1.165, 1.54) is 42.5 Å². The number of halogens is 4. The van der Waals surface area contributed by atoms with Crippen LogP contribution in [0.2, 0.25) is 0 Å². The number of benzene rings is 3. The van der Waals surface area contributed by atoms with Crippen LogP contribution < -0.4 is 0 Å². The first-order chi connectivity index (χ1) is 15.6. The Morgan fingerprint density at radius 3 is 2.09 bits per heavy atom. The van der Waals surface area contributed by atoms with Gasteiger partial charge in [-0.25, -0.2) is 21.8 Å². The smallest absolute Gasteiger partial charge is 0.287 e. The summed E-state index contributed by atoms with van der Waals surface area (Å²) in [5, 5.41) is 0. The fraction of sp³-hybridized carbons (Fsp3) is 0.0435. The minimum atomic E-state index is -4.80. The molecule has 0 fully saturated rings. The Bertz CT molecular complexity index is 1430. The molecule has 0 aliphatic heterocycles. The fourth-order valence-corrected chi connectivity index (χ4v) is 4.55. The van der Waals surface area contributed by atoms with Crippen LogP contribution in [0.3, 0.4) is 0 Å². The molecule has 5 nitrogen and oxygen atoms in total. The molecule has 0 N–H and O–H groups in total. The van der Waals surface area contributed by atoms with Crippen molar-refractivity contribution in [2.24, 2.45) is 0 Å². The van der Waals surface area contributed by atoms with Crippen molar-refractivity contribution in [3.63, 3.8) is 0 Å². The van der Waals surface area contributed by atoms with E-state index in [2.05, 4.69) is 4.98 Å². The van der Waals surface area contributed by atoms with Crippen molar-refractivity contribution in [1.82, 2.24) is 8.96 Å². The number of nitrogens with zero attached hydrogens (tertiary/aromatic N) is 2. The van der Waals surface area contributed by atoms with Crippen LogP contribution in [-0.2, 0) is 16.2 Å². The molecule has 168 valence electrons. The topological polar surface area (TPSA) is 69.0 Å². The van der Waals surface area contributed by atoms with E-state index in [0.717, 1.165) is 36.5 Å². The number of ketones is 1. The maximum Gasteiger partial charge on any atom is 0.417 e. The molecule has 3 aromatic carbocycles. The highest BCUT2D eigenvalue weighted by molar-refractivity contribution is 7.90. The van der Waals surface area contributed by atoms with E-state index in [0.29, 0.717) is 3.97 Å². The Morgan fingerprint density at radius 1 is 0.848 bits per heavy atom. The lowest BCUT2D eigenvalue weighted by Crippen LogP contribution is -2.15. The van der Waals surface area contributed by atoms with E-state index >= 15 is 0 Å². The first kappa shape index (κ1) is 22.4. The molecule has 4 aromatic rings. The van der Waals surface area contributed by atoms with E-state index in [-0.39, 0.29) is 10.5 Å². The third kappa shape index (κ3) is 4.29. The molecule has 0 radical (unpaired) electrons. The van der Waals surface area contributed by atoms with Crippen molar-refractivity contribution in [2.75, 3.05) is 0 Å². The molecule has 0 spiro atoms. The molecular formula is C23H14F4N2O3S. The highest BCUT2D eigenvalue weighted by Crippen LogP contribution is 2.37. The molecule has 0 atom stereocenters. The molecule has 0 saturated carbocycles. The van der Waals surface area contributed by atoms with E-state index in [1.54, 1.807) is 6.07 Å². The monoisotopic (exact) mass is 474 g/mol. The first-order valence-electron chi connectivity index (χ1n) is 9.46. The van der Waals surface area contributed by atoms with Crippen LogP contribution in [0.1, 0.15) is 21.6 Å². The van der Waals surface area contributed by atoms with Crippen molar-refractivity contribution < 1.29 is 30.8 Å². The molecule has 1 heterocycles. The summed E-state index contributed by atoms with van der Waals surface area (Å²) in [6.07, 6.45) is -3.93. The standard InChI is InChI=1S/C23H14F4N2O3S/c24-16-12-10-15(11-13-16)21(30)20-14-29(33(31,32)17-6-2-1-3-7-17)22(28-20)18-8-4-5-9-19(18)23(25,26)27/h1-14H. The molecule has 0 aliphatic rings. The fourth-order valence-electron chi connectivity index (χ4n) is 3.22. The lowest BCUT2D eigenvalue weighted by atomic mass is 10.1. The van der Waals surface area contributed by atoms with Gasteiger partial charge in [0.25, 0.3) is 10.0 Å². The average Bonchev–Trinajstić information content (AvgIpc) is 3.25. The Morgan fingerprint density at radius 2 is 1.45 bits per heavy atom. The lowest BCUT2D eigenvalue weighted by molar-refractivity contribution is -0.137. The molecule has 0 saturated heterocycles. The summed E-state index contributed by atoms with van der Waals surface area (Å²) in [7, 11) is -4.41. The molecule has 0 bridgehead atoms. The van der Waals surface area contributed by atoms with Crippen molar-refractivity contribution in [1.29, 1.82) is 0 Å². The second-order valence-corrected chi connectivity index (χ2v) is 8.76. The van der Waals surface area contributed by atoms with Crippen LogP contribution in [-0.4, -0.2) is 23.2 Å². The second kappa shape index (κ2) is 8.28. The summed E-state index contributed by atoms with van der Waals surface area (Å²) in [6, 6.07) is 15.8. The van der Waals surface area contributed by atoms with Gasteiger partial charge in [-0.3, -0.25) is 4.79 Å². The van der Waals surface area contributed by atoms with Gasteiger partial charge in [-0.15, -0.1) is 0 Å². The van der Waals surface area contributed by atoms with Gasteiger partial charge >= 0.3 is 6.18 Å². The summed E-state index contributed by atoms with van der Waals surface area (Å²) < 4.78 is 81.4. The number of hydrogen-bond acceptors (Lipinski definition) is 4. The Balaban J connectivity index is 1.96. The molecule has 33 heavy (non-hydrogen) atoms. The van der Waals surface area contributed by atoms with Gasteiger partial charge in [0, 0.05) is 11.1 Å². The number of carbonyl (C=O) groups excluding carboxylic acids is 1. The van der Waals surface area contributed by atoms with Gasteiger partial charge in [0.2, 0.25) is 5.78 Å². The summed E-state index contributed by atoms with van der Waals surface area (Å²) >= 11 is 0. The molecular weight excluding hydrogens is 460 g/mol. The zero-order chi connectivity index (χ0) is 23.8. The molecule has 10 heteroatoms. The van der Waals surface area contributed by atoms with Gasteiger partial charge in [-0.05, 0) is 42.5 Å². The SMILES string of the molecule is O=C(c1ccc(F)cc1)c1cn(S(=O)(=O)c2ccccc2)c(-c2ccccc2C(F)(F)F)n1. The molecule has 0 unspecified atom stereocenters. The van der Waals surface area contributed by atoms with Crippen LogP contribution in [0.4, 0.5) is 17.6 Å². The van der Waals surface area contributed by atoms with Gasteiger partial charge < -0.3 is 0 Å². The first-order valence-corrected chi connectivity index (χ1v) is 10.9. The number of hydrogen-bond donors (Lipinski definition) is 0. The normalized spacial score (nSPS) is 12.0. The lowest BCUT2D eigenvalue weighted by Gasteiger charge is -2.14. The van der Waals surface area contributed by atoms with Crippen molar-refractivity contribution >= 4 is 15.8 Å². The number of alkyl halides is 3. The van der Waals surface area contributed by atoms with Crippen LogP contribution >= 0.6 is 0 Å². The van der Waals surface area contributed by atoms with Crippen LogP contribution in [0.5, 0.6) is 0 Å². The summed E-state index contributed by atoms with van der Waals surface area (Å²) in [5.74, 6) is -1.94. The van der Waals surface area contributed by atoms with E-state index in [1.807, 2.05) is 0 Å². The minimum Gasteiger partial charge on any atom is -0.287 e. The Kier molecular flexibility index (Phi) is 5.62. The highest BCUT2D eigenvalue weighted by Gasteiger charge is 2.36. The number of carbonyl (C=O) groups is 1. The predicted octanol–water partition coefficient (Wildman–Crippen LogP) is 5.18. The maximum atomic E-state index is 13.7. The molecule has 4 rings (SSSR count). The van der Waals surface area contributed by atoms with E-state index in [4.69, 9.17) is 0 Å². The van der Waals surface area contributed by atoms with Crippen molar-refractivity contribution in [2.45, 2.75) is 11.1 Å². The van der Waals surface area contributed by atoms with Crippen LogP contribution in [0.15, 0.2) is 90.0 Å². The van der Waals surface area contributed by atoms with Crippen molar-refractivity contribution in [3.05, 3.63) is 108 Å². The van der Waals surface area contributed by atoms with Gasteiger partial charge in [0.15, 0.2) is 5.82 Å².